The standard InChI is InChI=1S/C13H16O5/c1-16-12-10(18-7-8-3-4-8)6-5-9(11(12)14)13(15)17-2/h5-6,8,14H,3-4,7H2,1-2H3. The highest BCUT2D eigenvalue weighted by molar-refractivity contribution is 5.93. The highest BCUT2D eigenvalue weighted by atomic mass is 16.5. The quantitative estimate of drug-likeness (QED) is 0.812. The van der Waals surface area contributed by atoms with Gasteiger partial charge in [-0.05, 0) is 30.9 Å². The molecule has 0 atom stereocenters. The van der Waals surface area contributed by atoms with Crippen LogP contribution in [0.2, 0.25) is 0 Å². The fraction of sp³-hybridized carbons (Fsp3) is 0.462. The average molecular weight is 252 g/mol. The molecule has 5 heteroatoms. The van der Waals surface area contributed by atoms with Crippen LogP contribution in [0.25, 0.3) is 0 Å². The molecule has 1 aliphatic rings. The summed E-state index contributed by atoms with van der Waals surface area (Å²) >= 11 is 0. The summed E-state index contributed by atoms with van der Waals surface area (Å²) in [5, 5.41) is 9.95. The summed E-state index contributed by atoms with van der Waals surface area (Å²) in [6.07, 6.45) is 2.35. The van der Waals surface area contributed by atoms with Gasteiger partial charge in [0.05, 0.1) is 20.8 Å². The molecule has 0 unspecified atom stereocenters. The molecular weight excluding hydrogens is 236 g/mol. The lowest BCUT2D eigenvalue weighted by Crippen LogP contribution is -2.05. The van der Waals surface area contributed by atoms with E-state index in [4.69, 9.17) is 9.47 Å². The van der Waals surface area contributed by atoms with E-state index in [1.54, 1.807) is 6.07 Å². The fourth-order valence-corrected chi connectivity index (χ4v) is 1.63. The zero-order valence-corrected chi connectivity index (χ0v) is 10.4. The second-order valence-corrected chi connectivity index (χ2v) is 4.24. The third-order valence-electron chi connectivity index (χ3n) is 2.88. The van der Waals surface area contributed by atoms with Crippen LogP contribution < -0.4 is 9.47 Å². The van der Waals surface area contributed by atoms with Gasteiger partial charge in [0.1, 0.15) is 5.56 Å². The van der Waals surface area contributed by atoms with Crippen molar-refractivity contribution in [2.45, 2.75) is 12.8 Å². The molecule has 0 heterocycles. The van der Waals surface area contributed by atoms with Gasteiger partial charge in [0, 0.05) is 0 Å². The molecule has 1 N–H and O–H groups in total. The minimum absolute atomic E-state index is 0.0631. The predicted molar refractivity (Wildman–Crippen MR) is 64.2 cm³/mol. The number of aromatic hydroxyl groups is 1. The number of benzene rings is 1. The topological polar surface area (TPSA) is 65.0 Å². The van der Waals surface area contributed by atoms with E-state index in [9.17, 15) is 9.90 Å². The third kappa shape index (κ3) is 2.50. The third-order valence-corrected chi connectivity index (χ3v) is 2.88. The van der Waals surface area contributed by atoms with Gasteiger partial charge in [0.15, 0.2) is 11.5 Å². The van der Waals surface area contributed by atoms with Crippen LogP contribution in [0.3, 0.4) is 0 Å². The van der Waals surface area contributed by atoms with Gasteiger partial charge in [-0.3, -0.25) is 0 Å². The zero-order valence-electron chi connectivity index (χ0n) is 10.4. The van der Waals surface area contributed by atoms with Crippen LogP contribution in [0.15, 0.2) is 12.1 Å². The van der Waals surface area contributed by atoms with Gasteiger partial charge in [0.25, 0.3) is 0 Å². The SMILES string of the molecule is COC(=O)c1ccc(OCC2CC2)c(OC)c1O. The molecule has 0 spiro atoms. The molecule has 0 amide bonds. The number of hydrogen-bond acceptors (Lipinski definition) is 5. The number of rotatable bonds is 5. The van der Waals surface area contributed by atoms with Crippen LogP contribution in [0.1, 0.15) is 23.2 Å². The zero-order chi connectivity index (χ0) is 13.1. The monoisotopic (exact) mass is 252 g/mol. The number of methoxy groups -OCH3 is 2. The van der Waals surface area contributed by atoms with E-state index in [0.29, 0.717) is 18.3 Å². The first-order valence-corrected chi connectivity index (χ1v) is 5.78. The van der Waals surface area contributed by atoms with Crippen molar-refractivity contribution in [1.82, 2.24) is 0 Å². The van der Waals surface area contributed by atoms with Gasteiger partial charge in [-0.2, -0.15) is 0 Å². The molecular formula is C13H16O5. The minimum Gasteiger partial charge on any atom is -0.504 e. The molecule has 1 saturated carbocycles. The lowest BCUT2D eigenvalue weighted by molar-refractivity contribution is 0.0596. The Morgan fingerprint density at radius 1 is 1.39 bits per heavy atom. The molecule has 1 aliphatic carbocycles. The Kier molecular flexibility index (Phi) is 3.60. The number of carbonyl (C=O) groups is 1. The maximum absolute atomic E-state index is 11.4. The highest BCUT2D eigenvalue weighted by Crippen LogP contribution is 2.40. The van der Waals surface area contributed by atoms with Gasteiger partial charge >= 0.3 is 5.97 Å². The number of ether oxygens (including phenoxy) is 3. The maximum Gasteiger partial charge on any atom is 0.341 e. The van der Waals surface area contributed by atoms with Crippen molar-refractivity contribution >= 4 is 5.97 Å². The predicted octanol–water partition coefficient (Wildman–Crippen LogP) is 1.98. The second-order valence-electron chi connectivity index (χ2n) is 4.24. The highest BCUT2D eigenvalue weighted by Gasteiger charge is 2.24. The van der Waals surface area contributed by atoms with Crippen molar-refractivity contribution in [3.05, 3.63) is 17.7 Å². The second kappa shape index (κ2) is 5.16. The van der Waals surface area contributed by atoms with Gasteiger partial charge in [-0.25, -0.2) is 4.79 Å². The van der Waals surface area contributed by atoms with E-state index in [0.717, 1.165) is 0 Å². The van der Waals surface area contributed by atoms with Crippen LogP contribution in [0, 0.1) is 5.92 Å². The molecule has 18 heavy (non-hydrogen) atoms. The molecule has 0 aromatic heterocycles. The number of hydrogen-bond donors (Lipinski definition) is 1. The van der Waals surface area contributed by atoms with E-state index in [1.165, 1.54) is 33.1 Å². The Hall–Kier alpha value is -1.91. The van der Waals surface area contributed by atoms with Crippen molar-refractivity contribution in [2.75, 3.05) is 20.8 Å². The molecule has 0 aliphatic heterocycles. The molecule has 1 aromatic carbocycles. The molecule has 0 saturated heterocycles. The first kappa shape index (κ1) is 12.5. The van der Waals surface area contributed by atoms with E-state index < -0.39 is 5.97 Å². The van der Waals surface area contributed by atoms with Crippen molar-refractivity contribution in [1.29, 1.82) is 0 Å². The summed E-state index contributed by atoms with van der Waals surface area (Å²) in [6.45, 7) is 0.605. The number of carbonyl (C=O) groups excluding carboxylic acids is 1. The molecule has 0 radical (unpaired) electrons. The van der Waals surface area contributed by atoms with Gasteiger partial charge in [-0.15, -0.1) is 0 Å². The summed E-state index contributed by atoms with van der Waals surface area (Å²) in [4.78, 5) is 11.4. The number of phenols is 1. The largest absolute Gasteiger partial charge is 0.504 e. The van der Waals surface area contributed by atoms with E-state index in [1.807, 2.05) is 0 Å². The summed E-state index contributed by atoms with van der Waals surface area (Å²) in [7, 11) is 2.67. The Bertz CT molecular complexity index is 451. The molecule has 1 fully saturated rings. The van der Waals surface area contributed by atoms with Crippen molar-refractivity contribution in [2.24, 2.45) is 5.92 Å². The number of phenolic OH excluding ortho intramolecular Hbond substituents is 1. The Balaban J connectivity index is 2.24. The summed E-state index contributed by atoms with van der Waals surface area (Å²) < 4.78 is 15.2. The maximum atomic E-state index is 11.4. The van der Waals surface area contributed by atoms with E-state index in [-0.39, 0.29) is 17.1 Å². The Morgan fingerprint density at radius 3 is 2.67 bits per heavy atom. The lowest BCUT2D eigenvalue weighted by Gasteiger charge is -2.13. The molecule has 1 aromatic rings. The van der Waals surface area contributed by atoms with Crippen LogP contribution in [-0.2, 0) is 4.74 Å². The van der Waals surface area contributed by atoms with E-state index in [2.05, 4.69) is 4.74 Å². The van der Waals surface area contributed by atoms with Gasteiger partial charge in [-0.1, -0.05) is 0 Å². The summed E-state index contributed by atoms with van der Waals surface area (Å²) in [6, 6.07) is 3.07. The smallest absolute Gasteiger partial charge is 0.341 e. The van der Waals surface area contributed by atoms with Crippen LogP contribution in [0.4, 0.5) is 0 Å². The van der Waals surface area contributed by atoms with Crippen molar-refractivity contribution in [3.63, 3.8) is 0 Å². The minimum atomic E-state index is -0.612. The molecule has 0 bridgehead atoms. The lowest BCUT2D eigenvalue weighted by atomic mass is 10.1. The molecule has 2 rings (SSSR count). The molecule has 5 nitrogen and oxygen atoms in total. The average Bonchev–Trinajstić information content (AvgIpc) is 3.19. The molecule has 98 valence electrons. The van der Waals surface area contributed by atoms with E-state index >= 15 is 0 Å². The Morgan fingerprint density at radius 2 is 2.11 bits per heavy atom. The summed E-state index contributed by atoms with van der Waals surface area (Å²) in [5.74, 6) is 0.336. The van der Waals surface area contributed by atoms with Crippen LogP contribution >= 0.6 is 0 Å². The first-order chi connectivity index (χ1) is 8.67. The Labute approximate surface area is 105 Å². The van der Waals surface area contributed by atoms with Crippen molar-refractivity contribution in [3.8, 4) is 17.2 Å². The van der Waals surface area contributed by atoms with Gasteiger partial charge in [0.2, 0.25) is 5.75 Å². The summed E-state index contributed by atoms with van der Waals surface area (Å²) in [5.41, 5.74) is 0.0631. The first-order valence-electron chi connectivity index (χ1n) is 5.78. The van der Waals surface area contributed by atoms with Crippen LogP contribution in [0.5, 0.6) is 17.2 Å². The van der Waals surface area contributed by atoms with Gasteiger partial charge < -0.3 is 19.3 Å². The number of esters is 1. The normalized spacial score (nSPS) is 14.1. The fourth-order valence-electron chi connectivity index (χ4n) is 1.63. The van der Waals surface area contributed by atoms with Crippen LogP contribution in [-0.4, -0.2) is 31.9 Å². The van der Waals surface area contributed by atoms with Crippen molar-refractivity contribution < 1.29 is 24.1 Å².